The molecule has 2 heterocycles. The van der Waals surface area contributed by atoms with Crippen LogP contribution in [-0.2, 0) is 6.42 Å². The Morgan fingerprint density at radius 3 is 2.67 bits per heavy atom. The van der Waals surface area contributed by atoms with Crippen molar-refractivity contribution in [3.05, 3.63) is 72.2 Å². The summed E-state index contributed by atoms with van der Waals surface area (Å²) in [6.45, 7) is 2.16. The minimum Gasteiger partial charge on any atom is -0.497 e. The summed E-state index contributed by atoms with van der Waals surface area (Å²) in [5.74, 6) is 1.00. The van der Waals surface area contributed by atoms with Crippen LogP contribution in [0, 0.1) is 5.82 Å². The van der Waals surface area contributed by atoms with Crippen LogP contribution in [0.4, 0.5) is 4.39 Å². The molecule has 4 rings (SSSR count). The molecule has 4 heteroatoms. The van der Waals surface area contributed by atoms with Crippen LogP contribution in [0.3, 0.4) is 0 Å². The third kappa shape index (κ3) is 3.43. The summed E-state index contributed by atoms with van der Waals surface area (Å²) in [5, 5.41) is 1.05. The molecule has 0 saturated carbocycles. The predicted molar refractivity (Wildman–Crippen MR) is 105 cm³/mol. The van der Waals surface area contributed by atoms with E-state index in [4.69, 9.17) is 9.15 Å². The molecule has 3 nitrogen and oxygen atoms in total. The Morgan fingerprint density at radius 2 is 1.93 bits per heavy atom. The van der Waals surface area contributed by atoms with Crippen molar-refractivity contribution in [2.45, 2.75) is 19.8 Å². The number of aromatic nitrogens is 1. The lowest BCUT2D eigenvalue weighted by atomic mass is 10.1. The Bertz CT molecular complexity index is 1080. The third-order valence-corrected chi connectivity index (χ3v) is 4.62. The number of aryl methyl sites for hydroxylation is 1. The molecule has 0 spiro atoms. The van der Waals surface area contributed by atoms with Crippen LogP contribution in [0.5, 0.6) is 5.75 Å². The fraction of sp³-hybridized carbons (Fsp3) is 0.174. The second kappa shape index (κ2) is 7.23. The zero-order valence-corrected chi connectivity index (χ0v) is 15.3. The van der Waals surface area contributed by atoms with Crippen LogP contribution in [0.25, 0.3) is 33.6 Å². The molecule has 0 aliphatic heterocycles. The number of hydrogen-bond acceptors (Lipinski definition) is 3. The molecule has 27 heavy (non-hydrogen) atoms. The number of furan rings is 1. The molecular formula is C23H20FNO2. The first-order valence-corrected chi connectivity index (χ1v) is 9.00. The maximum absolute atomic E-state index is 14.2. The minimum atomic E-state index is -0.308. The zero-order chi connectivity index (χ0) is 18.8. The maximum Gasteiger partial charge on any atom is 0.153 e. The lowest BCUT2D eigenvalue weighted by Crippen LogP contribution is -1.89. The molecule has 0 radical (unpaired) electrons. The first-order valence-electron chi connectivity index (χ1n) is 9.00. The molecule has 2 aromatic carbocycles. The number of fused-ring (bicyclic) bond motifs is 1. The van der Waals surface area contributed by atoms with Gasteiger partial charge in [0.2, 0.25) is 0 Å². The molecule has 0 fully saturated rings. The number of benzene rings is 2. The number of pyridine rings is 1. The van der Waals surface area contributed by atoms with E-state index in [1.165, 1.54) is 11.6 Å². The Labute approximate surface area is 157 Å². The second-order valence-corrected chi connectivity index (χ2v) is 6.51. The number of nitrogens with zero attached hydrogens (tertiary/aromatic N) is 1. The van der Waals surface area contributed by atoms with Crippen LogP contribution in [0.2, 0.25) is 0 Å². The van der Waals surface area contributed by atoms with Crippen LogP contribution in [0.1, 0.15) is 18.9 Å². The molecule has 0 saturated heterocycles. The van der Waals surface area contributed by atoms with E-state index in [1.807, 2.05) is 18.2 Å². The fourth-order valence-electron chi connectivity index (χ4n) is 3.20. The molecule has 2 aromatic heterocycles. The SMILES string of the molecule is CCCc1ccc2cc(-c3ccc(-c4cc(OC)ccc4F)cn3)oc2c1. The lowest BCUT2D eigenvalue weighted by Gasteiger charge is -2.06. The van der Waals surface area contributed by atoms with Crippen LogP contribution >= 0.6 is 0 Å². The van der Waals surface area contributed by atoms with E-state index in [0.29, 0.717) is 22.6 Å². The van der Waals surface area contributed by atoms with Crippen molar-refractivity contribution in [3.63, 3.8) is 0 Å². The number of rotatable bonds is 5. The fourth-order valence-corrected chi connectivity index (χ4v) is 3.20. The monoisotopic (exact) mass is 361 g/mol. The van der Waals surface area contributed by atoms with Gasteiger partial charge in [0, 0.05) is 22.7 Å². The molecule has 0 unspecified atom stereocenters. The van der Waals surface area contributed by atoms with Crippen molar-refractivity contribution in [2.24, 2.45) is 0 Å². The van der Waals surface area contributed by atoms with Crippen molar-refractivity contribution in [1.82, 2.24) is 4.98 Å². The van der Waals surface area contributed by atoms with E-state index in [2.05, 4.69) is 30.1 Å². The summed E-state index contributed by atoms with van der Waals surface area (Å²) in [6.07, 6.45) is 3.79. The molecule has 136 valence electrons. The molecule has 0 N–H and O–H groups in total. The lowest BCUT2D eigenvalue weighted by molar-refractivity contribution is 0.414. The summed E-state index contributed by atoms with van der Waals surface area (Å²) in [7, 11) is 1.56. The number of methoxy groups -OCH3 is 1. The van der Waals surface area contributed by atoms with Gasteiger partial charge in [0.15, 0.2) is 5.76 Å². The Balaban J connectivity index is 1.67. The number of halogens is 1. The van der Waals surface area contributed by atoms with Gasteiger partial charge in [-0.3, -0.25) is 4.98 Å². The smallest absolute Gasteiger partial charge is 0.153 e. The summed E-state index contributed by atoms with van der Waals surface area (Å²) < 4.78 is 25.3. The van der Waals surface area contributed by atoms with E-state index in [0.717, 1.165) is 29.5 Å². The van der Waals surface area contributed by atoms with Gasteiger partial charge in [-0.2, -0.15) is 0 Å². The summed E-state index contributed by atoms with van der Waals surface area (Å²) in [6, 6.07) is 16.6. The van der Waals surface area contributed by atoms with Crippen molar-refractivity contribution in [3.8, 4) is 28.3 Å². The van der Waals surface area contributed by atoms with Gasteiger partial charge in [0.25, 0.3) is 0 Å². The van der Waals surface area contributed by atoms with Crippen molar-refractivity contribution >= 4 is 11.0 Å². The second-order valence-electron chi connectivity index (χ2n) is 6.51. The van der Waals surface area contributed by atoms with Crippen LogP contribution < -0.4 is 4.74 Å². The third-order valence-electron chi connectivity index (χ3n) is 4.62. The highest BCUT2D eigenvalue weighted by atomic mass is 19.1. The van der Waals surface area contributed by atoms with Crippen LogP contribution in [-0.4, -0.2) is 12.1 Å². The summed E-state index contributed by atoms with van der Waals surface area (Å²) >= 11 is 0. The minimum absolute atomic E-state index is 0.308. The van der Waals surface area contributed by atoms with Gasteiger partial charge in [-0.25, -0.2) is 4.39 Å². The Kier molecular flexibility index (Phi) is 4.63. The predicted octanol–water partition coefficient (Wildman–Crippen LogP) is 6.26. The van der Waals surface area contributed by atoms with Crippen molar-refractivity contribution in [1.29, 1.82) is 0 Å². The molecular weight excluding hydrogens is 341 g/mol. The van der Waals surface area contributed by atoms with Gasteiger partial charge in [-0.1, -0.05) is 31.5 Å². The average Bonchev–Trinajstić information content (AvgIpc) is 3.12. The van der Waals surface area contributed by atoms with Gasteiger partial charge in [0.1, 0.15) is 22.8 Å². The molecule has 0 atom stereocenters. The number of hydrogen-bond donors (Lipinski definition) is 0. The van der Waals surface area contributed by atoms with Gasteiger partial charge >= 0.3 is 0 Å². The number of ether oxygens (including phenoxy) is 1. The molecule has 0 aliphatic carbocycles. The van der Waals surface area contributed by atoms with Crippen LogP contribution in [0.15, 0.2) is 65.2 Å². The van der Waals surface area contributed by atoms with Gasteiger partial charge in [-0.15, -0.1) is 0 Å². The molecule has 0 bridgehead atoms. The molecule has 0 amide bonds. The quantitative estimate of drug-likeness (QED) is 0.421. The molecule has 4 aromatic rings. The van der Waals surface area contributed by atoms with E-state index >= 15 is 0 Å². The topological polar surface area (TPSA) is 35.3 Å². The Hall–Kier alpha value is -3.14. The standard InChI is InChI=1S/C23H20FNO2/c1-3-4-15-5-6-16-12-23(27-22(16)11-15)21-10-7-17(14-25-21)19-13-18(26-2)8-9-20(19)24/h5-14H,3-4H2,1-2H3. The van der Waals surface area contributed by atoms with E-state index < -0.39 is 0 Å². The van der Waals surface area contributed by atoms with E-state index in [-0.39, 0.29) is 5.82 Å². The summed E-state index contributed by atoms with van der Waals surface area (Å²) in [4.78, 5) is 4.47. The highest BCUT2D eigenvalue weighted by Gasteiger charge is 2.11. The van der Waals surface area contributed by atoms with E-state index in [1.54, 1.807) is 25.4 Å². The first kappa shape index (κ1) is 17.3. The average molecular weight is 361 g/mol. The van der Waals surface area contributed by atoms with Crippen molar-refractivity contribution in [2.75, 3.05) is 7.11 Å². The highest BCUT2D eigenvalue weighted by Crippen LogP contribution is 2.30. The normalized spacial score (nSPS) is 11.1. The largest absolute Gasteiger partial charge is 0.497 e. The highest BCUT2D eigenvalue weighted by molar-refractivity contribution is 5.83. The first-order chi connectivity index (χ1) is 13.2. The maximum atomic E-state index is 14.2. The Morgan fingerprint density at radius 1 is 1.04 bits per heavy atom. The van der Waals surface area contributed by atoms with Gasteiger partial charge in [-0.05, 0) is 48.4 Å². The van der Waals surface area contributed by atoms with Gasteiger partial charge in [0.05, 0.1) is 7.11 Å². The van der Waals surface area contributed by atoms with Crippen molar-refractivity contribution < 1.29 is 13.5 Å². The zero-order valence-electron chi connectivity index (χ0n) is 15.3. The van der Waals surface area contributed by atoms with Gasteiger partial charge < -0.3 is 9.15 Å². The summed E-state index contributed by atoms with van der Waals surface area (Å²) in [5.41, 5.74) is 4.00. The molecule has 0 aliphatic rings. The van der Waals surface area contributed by atoms with E-state index in [9.17, 15) is 4.39 Å².